The summed E-state index contributed by atoms with van der Waals surface area (Å²) >= 11 is 0. The van der Waals surface area contributed by atoms with Crippen LogP contribution >= 0.6 is 0 Å². The van der Waals surface area contributed by atoms with Gasteiger partial charge >= 0.3 is 0 Å². The minimum absolute atomic E-state index is 0.0371. The molecule has 2 N–H and O–H groups in total. The molecule has 0 atom stereocenters. The molecular weight excluding hydrogens is 248 g/mol. The largest absolute Gasteiger partial charge is 0.398 e. The van der Waals surface area contributed by atoms with Crippen LogP contribution in [0.25, 0.3) is 0 Å². The predicted molar refractivity (Wildman–Crippen MR) is 80.5 cm³/mol. The number of nitrogen functional groups attached to an aromatic ring is 1. The lowest BCUT2D eigenvalue weighted by atomic mass is 9.98. The molecule has 1 aliphatic rings. The average Bonchev–Trinajstić information content (AvgIpc) is 2.46. The Morgan fingerprint density at radius 3 is 2.60 bits per heavy atom. The van der Waals surface area contributed by atoms with E-state index in [9.17, 15) is 4.79 Å². The first-order valence-corrected chi connectivity index (χ1v) is 6.88. The standard InChI is InChI=1S/C17H18N2O/c1-12-5-4-8-15(18)16(12)17(20)19-10-9-13-6-2-3-7-14(13)11-19/h2-8H,9-11,18H2,1H3. The number of rotatable bonds is 1. The minimum Gasteiger partial charge on any atom is -0.398 e. The average molecular weight is 266 g/mol. The van der Waals surface area contributed by atoms with Crippen molar-refractivity contribution in [2.24, 2.45) is 0 Å². The Labute approximate surface area is 119 Å². The number of hydrogen-bond acceptors (Lipinski definition) is 2. The summed E-state index contributed by atoms with van der Waals surface area (Å²) in [7, 11) is 0. The third-order valence-electron chi connectivity index (χ3n) is 3.94. The number of nitrogens with zero attached hydrogens (tertiary/aromatic N) is 1. The van der Waals surface area contributed by atoms with Crippen molar-refractivity contribution in [3.63, 3.8) is 0 Å². The number of benzene rings is 2. The Hall–Kier alpha value is -2.29. The zero-order valence-corrected chi connectivity index (χ0v) is 11.6. The molecule has 1 amide bonds. The quantitative estimate of drug-likeness (QED) is 0.807. The molecule has 2 aromatic carbocycles. The molecule has 0 saturated heterocycles. The van der Waals surface area contributed by atoms with Crippen LogP contribution in [0.4, 0.5) is 5.69 Å². The topological polar surface area (TPSA) is 46.3 Å². The summed E-state index contributed by atoms with van der Waals surface area (Å²) in [6, 6.07) is 13.9. The second-order valence-electron chi connectivity index (χ2n) is 5.28. The summed E-state index contributed by atoms with van der Waals surface area (Å²) in [5.41, 5.74) is 10.7. The Bertz CT molecular complexity index is 644. The summed E-state index contributed by atoms with van der Waals surface area (Å²) in [5, 5.41) is 0. The Morgan fingerprint density at radius 1 is 1.10 bits per heavy atom. The zero-order valence-electron chi connectivity index (χ0n) is 11.6. The Morgan fingerprint density at radius 2 is 1.85 bits per heavy atom. The summed E-state index contributed by atoms with van der Waals surface area (Å²) < 4.78 is 0. The van der Waals surface area contributed by atoms with Gasteiger partial charge in [0, 0.05) is 18.8 Å². The fraction of sp³-hybridized carbons (Fsp3) is 0.235. The van der Waals surface area contributed by atoms with Crippen LogP contribution in [0.3, 0.4) is 0 Å². The second kappa shape index (κ2) is 5.00. The van der Waals surface area contributed by atoms with Crippen molar-refractivity contribution < 1.29 is 4.79 Å². The Kier molecular flexibility index (Phi) is 3.18. The zero-order chi connectivity index (χ0) is 14.1. The van der Waals surface area contributed by atoms with E-state index in [0.717, 1.165) is 18.5 Å². The van der Waals surface area contributed by atoms with E-state index in [4.69, 9.17) is 5.73 Å². The summed E-state index contributed by atoms with van der Waals surface area (Å²) in [6.07, 6.45) is 0.910. The number of amides is 1. The van der Waals surface area contributed by atoms with E-state index in [1.54, 1.807) is 6.07 Å². The van der Waals surface area contributed by atoms with Gasteiger partial charge in [0.25, 0.3) is 5.91 Å². The van der Waals surface area contributed by atoms with Crippen molar-refractivity contribution in [1.82, 2.24) is 4.90 Å². The molecule has 0 aromatic heterocycles. The molecule has 3 rings (SSSR count). The fourth-order valence-corrected chi connectivity index (χ4v) is 2.81. The number of fused-ring (bicyclic) bond motifs is 1. The molecule has 0 spiro atoms. The molecule has 0 aliphatic carbocycles. The van der Waals surface area contributed by atoms with Crippen LogP contribution in [0.1, 0.15) is 27.0 Å². The lowest BCUT2D eigenvalue weighted by Gasteiger charge is -2.29. The Balaban J connectivity index is 1.90. The number of hydrogen-bond donors (Lipinski definition) is 1. The van der Waals surface area contributed by atoms with Gasteiger partial charge in [0.15, 0.2) is 0 Å². The van der Waals surface area contributed by atoms with Crippen molar-refractivity contribution in [3.8, 4) is 0 Å². The molecule has 0 unspecified atom stereocenters. The van der Waals surface area contributed by atoms with Gasteiger partial charge in [-0.2, -0.15) is 0 Å². The van der Waals surface area contributed by atoms with Gasteiger partial charge in [-0.15, -0.1) is 0 Å². The normalized spacial score (nSPS) is 13.9. The van der Waals surface area contributed by atoms with Crippen molar-refractivity contribution in [1.29, 1.82) is 0 Å². The van der Waals surface area contributed by atoms with Crippen LogP contribution in [0.15, 0.2) is 42.5 Å². The van der Waals surface area contributed by atoms with Crippen molar-refractivity contribution in [2.75, 3.05) is 12.3 Å². The third kappa shape index (κ3) is 2.16. The van der Waals surface area contributed by atoms with Crippen molar-refractivity contribution in [2.45, 2.75) is 19.9 Å². The highest BCUT2D eigenvalue weighted by molar-refractivity contribution is 6.00. The molecule has 0 bridgehead atoms. The van der Waals surface area contributed by atoms with E-state index in [0.29, 0.717) is 17.8 Å². The van der Waals surface area contributed by atoms with Gasteiger partial charge < -0.3 is 10.6 Å². The van der Waals surface area contributed by atoms with Gasteiger partial charge in [-0.05, 0) is 36.1 Å². The van der Waals surface area contributed by atoms with Crippen LogP contribution in [0.2, 0.25) is 0 Å². The maximum absolute atomic E-state index is 12.7. The first-order valence-electron chi connectivity index (χ1n) is 6.88. The predicted octanol–water partition coefficient (Wildman–Crippen LogP) is 2.78. The van der Waals surface area contributed by atoms with Crippen LogP contribution in [0.5, 0.6) is 0 Å². The van der Waals surface area contributed by atoms with E-state index in [1.165, 1.54) is 11.1 Å². The van der Waals surface area contributed by atoms with Crippen LogP contribution in [-0.4, -0.2) is 17.4 Å². The van der Waals surface area contributed by atoms with E-state index in [1.807, 2.05) is 30.0 Å². The number of aryl methyl sites for hydroxylation is 1. The van der Waals surface area contributed by atoms with Gasteiger partial charge in [0.2, 0.25) is 0 Å². The molecule has 2 aromatic rings. The molecule has 0 radical (unpaired) electrons. The lowest BCUT2D eigenvalue weighted by Crippen LogP contribution is -2.36. The molecule has 20 heavy (non-hydrogen) atoms. The SMILES string of the molecule is Cc1cccc(N)c1C(=O)N1CCc2ccccc2C1. The van der Waals surface area contributed by atoms with E-state index in [2.05, 4.69) is 18.2 Å². The van der Waals surface area contributed by atoms with Gasteiger partial charge in [-0.3, -0.25) is 4.79 Å². The highest BCUT2D eigenvalue weighted by Crippen LogP contribution is 2.23. The summed E-state index contributed by atoms with van der Waals surface area (Å²) in [4.78, 5) is 14.6. The molecule has 0 fully saturated rings. The summed E-state index contributed by atoms with van der Waals surface area (Å²) in [6.45, 7) is 3.36. The monoisotopic (exact) mass is 266 g/mol. The first-order chi connectivity index (χ1) is 9.66. The fourth-order valence-electron chi connectivity index (χ4n) is 2.81. The van der Waals surface area contributed by atoms with E-state index in [-0.39, 0.29) is 5.91 Å². The molecule has 3 nitrogen and oxygen atoms in total. The highest BCUT2D eigenvalue weighted by atomic mass is 16.2. The van der Waals surface area contributed by atoms with Crippen molar-refractivity contribution in [3.05, 3.63) is 64.7 Å². The van der Waals surface area contributed by atoms with E-state index >= 15 is 0 Å². The highest BCUT2D eigenvalue weighted by Gasteiger charge is 2.23. The number of nitrogens with two attached hydrogens (primary N) is 1. The lowest BCUT2D eigenvalue weighted by molar-refractivity contribution is 0.0735. The number of anilines is 1. The van der Waals surface area contributed by atoms with Crippen LogP contribution in [-0.2, 0) is 13.0 Å². The number of carbonyl (C=O) groups excluding carboxylic acids is 1. The first kappa shape index (κ1) is 12.7. The molecular formula is C17H18N2O. The molecule has 1 aliphatic heterocycles. The maximum atomic E-state index is 12.7. The van der Waals surface area contributed by atoms with Crippen molar-refractivity contribution >= 4 is 11.6 Å². The molecule has 102 valence electrons. The molecule has 1 heterocycles. The smallest absolute Gasteiger partial charge is 0.256 e. The van der Waals surface area contributed by atoms with E-state index < -0.39 is 0 Å². The van der Waals surface area contributed by atoms with Gasteiger partial charge in [-0.1, -0.05) is 36.4 Å². The van der Waals surface area contributed by atoms with Gasteiger partial charge in [-0.25, -0.2) is 0 Å². The number of carbonyl (C=O) groups is 1. The van der Waals surface area contributed by atoms with Crippen LogP contribution in [0, 0.1) is 6.92 Å². The minimum atomic E-state index is 0.0371. The van der Waals surface area contributed by atoms with Gasteiger partial charge in [0.1, 0.15) is 0 Å². The maximum Gasteiger partial charge on any atom is 0.256 e. The van der Waals surface area contributed by atoms with Gasteiger partial charge in [0.05, 0.1) is 5.56 Å². The molecule has 3 heteroatoms. The van der Waals surface area contributed by atoms with Crippen LogP contribution < -0.4 is 5.73 Å². The summed E-state index contributed by atoms with van der Waals surface area (Å²) in [5.74, 6) is 0.0371. The third-order valence-corrected chi connectivity index (χ3v) is 3.94. The second-order valence-corrected chi connectivity index (χ2v) is 5.28. The molecule has 0 saturated carbocycles.